The fourth-order valence-electron chi connectivity index (χ4n) is 4.26. The molecular weight excluding hydrogens is 336 g/mol. The Morgan fingerprint density at radius 2 is 1.78 bits per heavy atom. The van der Waals surface area contributed by atoms with Gasteiger partial charge in [-0.3, -0.25) is 9.59 Å². The number of carbonyl (C=O) groups excluding carboxylic acids is 2. The highest BCUT2D eigenvalue weighted by molar-refractivity contribution is 5.79. The summed E-state index contributed by atoms with van der Waals surface area (Å²) in [4.78, 5) is 26.3. The van der Waals surface area contributed by atoms with Crippen molar-refractivity contribution in [3.8, 4) is 0 Å². The molecule has 0 heterocycles. The summed E-state index contributed by atoms with van der Waals surface area (Å²) in [7, 11) is 0. The fraction of sp³-hybridized carbons (Fsp3) is 0.652. The van der Waals surface area contributed by atoms with Crippen LogP contribution in [-0.2, 0) is 15.0 Å². The molecule has 0 aromatic heterocycles. The third-order valence-corrected chi connectivity index (χ3v) is 5.98. The zero-order valence-corrected chi connectivity index (χ0v) is 17.4. The van der Waals surface area contributed by atoms with Crippen molar-refractivity contribution in [2.45, 2.75) is 77.6 Å². The summed E-state index contributed by atoms with van der Waals surface area (Å²) in [5.41, 5.74) is 2.70. The Morgan fingerprint density at radius 3 is 2.41 bits per heavy atom. The van der Waals surface area contributed by atoms with Crippen molar-refractivity contribution in [1.29, 1.82) is 0 Å². The molecule has 1 aromatic rings. The quantitative estimate of drug-likeness (QED) is 0.700. The van der Waals surface area contributed by atoms with Gasteiger partial charge in [-0.05, 0) is 45.6 Å². The lowest BCUT2D eigenvalue weighted by molar-refractivity contribution is -0.131. The Morgan fingerprint density at radius 1 is 1.07 bits per heavy atom. The molecule has 150 valence electrons. The second-order valence-electron chi connectivity index (χ2n) is 7.91. The number of amides is 2. The van der Waals surface area contributed by atoms with Crippen molar-refractivity contribution in [3.05, 3.63) is 35.4 Å². The van der Waals surface area contributed by atoms with E-state index >= 15 is 0 Å². The molecule has 1 N–H and O–H groups in total. The minimum absolute atomic E-state index is 0.0664. The van der Waals surface area contributed by atoms with Gasteiger partial charge in [0.05, 0.1) is 0 Å². The Hall–Kier alpha value is -1.84. The molecule has 1 saturated carbocycles. The van der Waals surface area contributed by atoms with E-state index in [9.17, 15) is 9.59 Å². The summed E-state index contributed by atoms with van der Waals surface area (Å²) in [6, 6.07) is 8.75. The highest BCUT2D eigenvalue weighted by atomic mass is 16.2. The van der Waals surface area contributed by atoms with E-state index in [-0.39, 0.29) is 17.2 Å². The van der Waals surface area contributed by atoms with E-state index in [1.54, 1.807) is 0 Å². The Balaban J connectivity index is 1.88. The van der Waals surface area contributed by atoms with Gasteiger partial charge in [0.2, 0.25) is 11.8 Å². The van der Waals surface area contributed by atoms with Crippen LogP contribution in [0.5, 0.6) is 0 Å². The molecule has 27 heavy (non-hydrogen) atoms. The van der Waals surface area contributed by atoms with Gasteiger partial charge in [0.1, 0.15) is 0 Å². The Bertz CT molecular complexity index is 617. The van der Waals surface area contributed by atoms with Crippen LogP contribution < -0.4 is 5.32 Å². The molecular formula is C23H36N2O2. The lowest BCUT2D eigenvalue weighted by atomic mass is 9.69. The van der Waals surface area contributed by atoms with Crippen LogP contribution in [0.4, 0.5) is 0 Å². The van der Waals surface area contributed by atoms with Crippen molar-refractivity contribution in [3.63, 3.8) is 0 Å². The molecule has 0 atom stereocenters. The van der Waals surface area contributed by atoms with Crippen LogP contribution in [0.15, 0.2) is 24.3 Å². The van der Waals surface area contributed by atoms with Gasteiger partial charge in [-0.25, -0.2) is 0 Å². The average Bonchev–Trinajstić information content (AvgIpc) is 2.68. The number of nitrogens with zero attached hydrogens (tertiary/aromatic N) is 1. The maximum Gasteiger partial charge on any atom is 0.222 e. The molecule has 4 heteroatoms. The van der Waals surface area contributed by atoms with Gasteiger partial charge in [0.15, 0.2) is 0 Å². The monoisotopic (exact) mass is 372 g/mol. The molecule has 4 nitrogen and oxygen atoms in total. The summed E-state index contributed by atoms with van der Waals surface area (Å²) in [5.74, 6) is 0.219. The molecule has 2 rings (SSSR count). The number of carbonyl (C=O) groups is 2. The number of nitrogens with one attached hydrogen (secondary N) is 1. The van der Waals surface area contributed by atoms with Gasteiger partial charge in [-0.1, -0.05) is 49.1 Å². The summed E-state index contributed by atoms with van der Waals surface area (Å²) in [5, 5.41) is 3.18. The molecule has 1 fully saturated rings. The lowest BCUT2D eigenvalue weighted by Gasteiger charge is -2.38. The lowest BCUT2D eigenvalue weighted by Crippen LogP contribution is -2.42. The van der Waals surface area contributed by atoms with Gasteiger partial charge in [0.25, 0.3) is 0 Å². The Labute approximate surface area is 164 Å². The van der Waals surface area contributed by atoms with E-state index < -0.39 is 0 Å². The molecule has 0 radical (unpaired) electrons. The van der Waals surface area contributed by atoms with E-state index in [1.165, 1.54) is 30.4 Å². The first kappa shape index (κ1) is 21.5. The minimum Gasteiger partial charge on any atom is -0.355 e. The molecule has 0 aliphatic heterocycles. The molecule has 1 aliphatic carbocycles. The molecule has 2 amide bonds. The summed E-state index contributed by atoms with van der Waals surface area (Å²) in [6.45, 7) is 8.29. The first-order chi connectivity index (χ1) is 13.0. The van der Waals surface area contributed by atoms with Crippen LogP contribution in [0.3, 0.4) is 0 Å². The summed E-state index contributed by atoms with van der Waals surface area (Å²) >= 11 is 0. The van der Waals surface area contributed by atoms with E-state index in [0.29, 0.717) is 25.8 Å². The molecule has 0 bridgehead atoms. The highest BCUT2D eigenvalue weighted by Crippen LogP contribution is 2.39. The zero-order valence-electron chi connectivity index (χ0n) is 17.4. The highest BCUT2D eigenvalue weighted by Gasteiger charge is 2.34. The van der Waals surface area contributed by atoms with Gasteiger partial charge in [-0.15, -0.1) is 0 Å². The molecule has 0 saturated heterocycles. The molecule has 1 aliphatic rings. The van der Waals surface area contributed by atoms with Crippen molar-refractivity contribution < 1.29 is 9.59 Å². The number of benzene rings is 1. The van der Waals surface area contributed by atoms with Crippen LogP contribution in [0.1, 0.15) is 76.3 Å². The standard InChI is InChI=1S/C23H36N2O2/c1-4-25(5-2)22(27)14-10-13-21(26)24-18-23(15-7-6-8-16-23)20-12-9-11-19(3)17-20/h9,11-12,17H,4-8,10,13-16,18H2,1-3H3,(H,24,26). The SMILES string of the molecule is CCN(CC)C(=O)CCCC(=O)NCC1(c2cccc(C)c2)CCCCC1. The largest absolute Gasteiger partial charge is 0.355 e. The van der Waals surface area contributed by atoms with Gasteiger partial charge < -0.3 is 10.2 Å². The summed E-state index contributed by atoms with van der Waals surface area (Å²) < 4.78 is 0. The van der Waals surface area contributed by atoms with Crippen LogP contribution in [0, 0.1) is 6.92 Å². The number of aryl methyl sites for hydroxylation is 1. The van der Waals surface area contributed by atoms with Gasteiger partial charge >= 0.3 is 0 Å². The second kappa shape index (κ2) is 10.5. The predicted molar refractivity (Wildman–Crippen MR) is 111 cm³/mol. The smallest absolute Gasteiger partial charge is 0.222 e. The Kier molecular flexibility index (Phi) is 8.33. The van der Waals surface area contributed by atoms with Crippen LogP contribution in [0.25, 0.3) is 0 Å². The van der Waals surface area contributed by atoms with Crippen LogP contribution in [-0.4, -0.2) is 36.3 Å². The average molecular weight is 373 g/mol. The van der Waals surface area contributed by atoms with Crippen LogP contribution >= 0.6 is 0 Å². The second-order valence-corrected chi connectivity index (χ2v) is 7.91. The van der Waals surface area contributed by atoms with E-state index in [2.05, 4.69) is 36.5 Å². The normalized spacial score (nSPS) is 16.0. The molecule has 0 unspecified atom stereocenters. The van der Waals surface area contributed by atoms with Gasteiger partial charge in [0, 0.05) is 37.9 Å². The van der Waals surface area contributed by atoms with Crippen molar-refractivity contribution >= 4 is 11.8 Å². The first-order valence-electron chi connectivity index (χ1n) is 10.6. The predicted octanol–water partition coefficient (Wildman–Crippen LogP) is 4.35. The minimum atomic E-state index is 0.0664. The van der Waals surface area contributed by atoms with Crippen molar-refractivity contribution in [2.75, 3.05) is 19.6 Å². The van der Waals surface area contributed by atoms with E-state index in [0.717, 1.165) is 25.9 Å². The number of hydrogen-bond donors (Lipinski definition) is 1. The maximum atomic E-state index is 12.4. The van der Waals surface area contributed by atoms with Crippen molar-refractivity contribution in [1.82, 2.24) is 10.2 Å². The summed E-state index contributed by atoms with van der Waals surface area (Å²) in [6.07, 6.45) is 7.52. The number of hydrogen-bond acceptors (Lipinski definition) is 2. The fourth-order valence-corrected chi connectivity index (χ4v) is 4.26. The maximum absolute atomic E-state index is 12.4. The molecule has 0 spiro atoms. The topological polar surface area (TPSA) is 49.4 Å². The third kappa shape index (κ3) is 6.08. The molecule has 1 aromatic carbocycles. The van der Waals surface area contributed by atoms with E-state index in [4.69, 9.17) is 0 Å². The van der Waals surface area contributed by atoms with Gasteiger partial charge in [-0.2, -0.15) is 0 Å². The first-order valence-corrected chi connectivity index (χ1v) is 10.6. The van der Waals surface area contributed by atoms with Crippen molar-refractivity contribution in [2.24, 2.45) is 0 Å². The third-order valence-electron chi connectivity index (χ3n) is 5.98. The van der Waals surface area contributed by atoms with E-state index in [1.807, 2.05) is 18.7 Å². The van der Waals surface area contributed by atoms with Crippen LogP contribution in [0.2, 0.25) is 0 Å². The number of rotatable bonds is 9. The zero-order chi connectivity index (χ0) is 19.7.